The zero-order chi connectivity index (χ0) is 27.2. The van der Waals surface area contributed by atoms with Crippen LogP contribution in [0, 0.1) is 0 Å². The molecule has 0 saturated carbocycles. The molecule has 0 spiro atoms. The first kappa shape index (κ1) is 26.5. The van der Waals surface area contributed by atoms with E-state index < -0.39 is 6.03 Å². The van der Waals surface area contributed by atoms with E-state index in [1.54, 1.807) is 7.11 Å². The number of hydrogen-bond acceptors (Lipinski definition) is 7. The molecule has 11 heteroatoms. The van der Waals surface area contributed by atoms with Crippen LogP contribution in [0.1, 0.15) is 0 Å². The average molecular weight is 568 g/mol. The van der Waals surface area contributed by atoms with Crippen molar-refractivity contribution in [3.05, 3.63) is 66.7 Å². The predicted octanol–water partition coefficient (Wildman–Crippen LogP) is 6.07. The van der Waals surface area contributed by atoms with Crippen LogP contribution < -0.4 is 35.3 Å². The zero-order valence-corrected chi connectivity index (χ0v) is 22.7. The van der Waals surface area contributed by atoms with Crippen LogP contribution in [0.5, 0.6) is 17.2 Å². The van der Waals surface area contributed by atoms with Crippen molar-refractivity contribution in [2.45, 2.75) is 0 Å². The fourth-order valence-electron chi connectivity index (χ4n) is 4.26. The number of methoxy groups -OCH3 is 1. The minimum absolute atomic E-state index is 0.135. The number of ether oxygens (including phenoxy) is 3. The number of nitrogens with one attached hydrogen (secondary N) is 3. The molecule has 5 rings (SSSR count). The normalized spacial score (nSPS) is 11.8. The van der Waals surface area contributed by atoms with Gasteiger partial charge in [0.05, 0.1) is 29.7 Å². The van der Waals surface area contributed by atoms with E-state index in [0.717, 1.165) is 11.3 Å². The number of pyridine rings is 1. The van der Waals surface area contributed by atoms with E-state index in [2.05, 4.69) is 21.1 Å². The second-order valence-electron chi connectivity index (χ2n) is 8.63. The lowest BCUT2D eigenvalue weighted by molar-refractivity contribution is 0.174. The van der Waals surface area contributed by atoms with Crippen molar-refractivity contribution in [1.29, 1.82) is 0 Å². The van der Waals surface area contributed by atoms with Crippen molar-refractivity contribution in [3.63, 3.8) is 0 Å². The molecule has 3 N–H and O–H groups in total. The van der Waals surface area contributed by atoms with Gasteiger partial charge in [0.1, 0.15) is 5.75 Å². The first-order chi connectivity index (χ1) is 19.1. The van der Waals surface area contributed by atoms with E-state index in [1.807, 2.05) is 66.7 Å². The molecule has 0 aliphatic carbocycles. The molecule has 2 heterocycles. The van der Waals surface area contributed by atoms with Gasteiger partial charge in [-0.1, -0.05) is 12.1 Å². The van der Waals surface area contributed by atoms with Crippen LogP contribution >= 0.6 is 23.2 Å². The number of rotatable bonds is 10. The molecule has 0 saturated heterocycles. The summed E-state index contributed by atoms with van der Waals surface area (Å²) in [6.45, 7) is 1.52. The van der Waals surface area contributed by atoms with Crippen molar-refractivity contribution >= 4 is 57.2 Å². The third-order valence-corrected chi connectivity index (χ3v) is 6.52. The minimum Gasteiger partial charge on any atom is -0.497 e. The number of carbonyl (C=O) groups is 1. The van der Waals surface area contributed by atoms with Crippen LogP contribution in [-0.2, 0) is 0 Å². The highest BCUT2D eigenvalue weighted by molar-refractivity contribution is 6.18. The molecule has 0 fully saturated rings. The van der Waals surface area contributed by atoms with E-state index in [9.17, 15) is 4.79 Å². The lowest BCUT2D eigenvalue weighted by Gasteiger charge is -2.23. The van der Waals surface area contributed by atoms with Crippen LogP contribution in [0.4, 0.5) is 21.9 Å². The minimum atomic E-state index is -0.452. The summed E-state index contributed by atoms with van der Waals surface area (Å²) >= 11 is 11.8. The number of halogens is 2. The van der Waals surface area contributed by atoms with Crippen molar-refractivity contribution in [2.75, 3.05) is 54.4 Å². The Morgan fingerprint density at radius 2 is 1.74 bits per heavy atom. The first-order valence-electron chi connectivity index (χ1n) is 12.3. The van der Waals surface area contributed by atoms with Gasteiger partial charge in [0, 0.05) is 47.6 Å². The fraction of sp³-hybridized carbons (Fsp3) is 0.214. The van der Waals surface area contributed by atoms with E-state index in [0.29, 0.717) is 70.1 Å². The predicted molar refractivity (Wildman–Crippen MR) is 156 cm³/mol. The van der Waals surface area contributed by atoms with E-state index in [-0.39, 0.29) is 6.79 Å². The Bertz CT molecular complexity index is 1460. The summed E-state index contributed by atoms with van der Waals surface area (Å²) in [4.78, 5) is 19.8. The van der Waals surface area contributed by atoms with Gasteiger partial charge in [-0.3, -0.25) is 10.9 Å². The van der Waals surface area contributed by atoms with Gasteiger partial charge in [-0.15, -0.1) is 23.2 Å². The second kappa shape index (κ2) is 12.2. The number of nitrogens with zero attached hydrogens (tertiary/aromatic N) is 2. The van der Waals surface area contributed by atoms with E-state index in [4.69, 9.17) is 42.4 Å². The molecule has 0 atom stereocenters. The number of urea groups is 1. The van der Waals surface area contributed by atoms with Gasteiger partial charge >= 0.3 is 6.03 Å². The van der Waals surface area contributed by atoms with Gasteiger partial charge in [0.25, 0.3) is 0 Å². The topological polar surface area (TPSA) is 97.0 Å². The molecule has 1 aliphatic heterocycles. The van der Waals surface area contributed by atoms with Gasteiger partial charge in [-0.2, -0.15) is 0 Å². The molecule has 202 valence electrons. The molecule has 0 bridgehead atoms. The van der Waals surface area contributed by atoms with Crippen LogP contribution in [-0.4, -0.2) is 49.8 Å². The quantitative estimate of drug-likeness (QED) is 0.158. The van der Waals surface area contributed by atoms with Crippen LogP contribution in [0.25, 0.3) is 22.2 Å². The smallest absolute Gasteiger partial charge is 0.337 e. The lowest BCUT2D eigenvalue weighted by atomic mass is 10.1. The maximum Gasteiger partial charge on any atom is 0.337 e. The fourth-order valence-corrected chi connectivity index (χ4v) is 4.67. The van der Waals surface area contributed by atoms with Gasteiger partial charge in [0.15, 0.2) is 11.5 Å². The monoisotopic (exact) mass is 567 g/mol. The Balaban J connectivity index is 1.36. The largest absolute Gasteiger partial charge is 0.497 e. The summed E-state index contributed by atoms with van der Waals surface area (Å²) in [5.41, 5.74) is 10.1. The van der Waals surface area contributed by atoms with Gasteiger partial charge in [-0.05, 0) is 48.5 Å². The standard InChI is InChI=1S/C28H27Cl2N5O4/c1-37-21-4-2-3-18(13-21)23-15-24(22-14-26-27(39-17-38-26)16-25(22)31-23)32-28(36)34-33-19-5-7-20(8-6-19)35(11-9-29)12-10-30/h2-8,13-16,33H,9-12,17H2,1H3,(H2,31,32,34,36). The number of aromatic nitrogens is 1. The molecule has 2 amide bonds. The van der Waals surface area contributed by atoms with Crippen molar-refractivity contribution in [3.8, 4) is 28.5 Å². The van der Waals surface area contributed by atoms with Gasteiger partial charge < -0.3 is 24.4 Å². The number of carbonyl (C=O) groups excluding carboxylic acids is 1. The lowest BCUT2D eigenvalue weighted by Crippen LogP contribution is -2.33. The zero-order valence-electron chi connectivity index (χ0n) is 21.2. The molecular weight excluding hydrogens is 541 g/mol. The van der Waals surface area contributed by atoms with Crippen LogP contribution in [0.15, 0.2) is 66.7 Å². The number of benzene rings is 3. The van der Waals surface area contributed by atoms with Crippen molar-refractivity contribution in [2.24, 2.45) is 0 Å². The number of hydrogen-bond donors (Lipinski definition) is 3. The van der Waals surface area contributed by atoms with E-state index in [1.165, 1.54) is 0 Å². The van der Waals surface area contributed by atoms with E-state index >= 15 is 0 Å². The molecule has 0 unspecified atom stereocenters. The van der Waals surface area contributed by atoms with Crippen molar-refractivity contribution < 1.29 is 19.0 Å². The Labute approximate surface area is 235 Å². The Morgan fingerprint density at radius 1 is 1.00 bits per heavy atom. The summed E-state index contributed by atoms with van der Waals surface area (Å²) in [5.74, 6) is 2.91. The summed E-state index contributed by atoms with van der Waals surface area (Å²) in [6.07, 6.45) is 0. The molecule has 0 radical (unpaired) electrons. The van der Waals surface area contributed by atoms with Crippen LogP contribution in [0.3, 0.4) is 0 Å². The number of anilines is 3. The molecule has 39 heavy (non-hydrogen) atoms. The molecule has 1 aliphatic rings. The highest BCUT2D eigenvalue weighted by atomic mass is 35.5. The SMILES string of the molecule is COc1cccc(-c2cc(NC(=O)NNc3ccc(N(CCCl)CCCl)cc3)c3cc4c(cc3n2)OCO4)c1. The third kappa shape index (κ3) is 6.16. The summed E-state index contributed by atoms with van der Waals surface area (Å²) in [5, 5.41) is 3.64. The molecule has 1 aromatic heterocycles. The average Bonchev–Trinajstić information content (AvgIpc) is 3.42. The number of hydrazine groups is 1. The number of amides is 2. The summed E-state index contributed by atoms with van der Waals surface area (Å²) in [7, 11) is 1.61. The van der Waals surface area contributed by atoms with Crippen molar-refractivity contribution in [1.82, 2.24) is 10.4 Å². The van der Waals surface area contributed by atoms with Gasteiger partial charge in [0.2, 0.25) is 6.79 Å². The third-order valence-electron chi connectivity index (χ3n) is 6.18. The second-order valence-corrected chi connectivity index (χ2v) is 9.38. The molecule has 3 aromatic carbocycles. The first-order valence-corrected chi connectivity index (χ1v) is 13.3. The Kier molecular flexibility index (Phi) is 8.29. The maximum atomic E-state index is 12.9. The maximum absolute atomic E-state index is 12.9. The van der Waals surface area contributed by atoms with Gasteiger partial charge in [-0.25, -0.2) is 9.78 Å². The highest BCUT2D eigenvalue weighted by Gasteiger charge is 2.19. The molecule has 9 nitrogen and oxygen atoms in total. The number of alkyl halides is 2. The molecule has 4 aromatic rings. The number of fused-ring (bicyclic) bond motifs is 2. The highest BCUT2D eigenvalue weighted by Crippen LogP contribution is 2.39. The van der Waals surface area contributed by atoms with Crippen LogP contribution in [0.2, 0.25) is 0 Å². The molecular formula is C28H27Cl2N5O4. The Morgan fingerprint density at radius 3 is 2.46 bits per heavy atom. The summed E-state index contributed by atoms with van der Waals surface area (Å²) in [6, 6.07) is 20.2. The Hall–Kier alpha value is -4.08. The summed E-state index contributed by atoms with van der Waals surface area (Å²) < 4.78 is 16.5.